The van der Waals surface area contributed by atoms with Crippen LogP contribution in [0.1, 0.15) is 25.3 Å². The second kappa shape index (κ2) is 12.2. The van der Waals surface area contributed by atoms with Gasteiger partial charge in [0.25, 0.3) is 0 Å². The molecule has 17 heteroatoms. The first-order chi connectivity index (χ1) is 18.8. The molecular formula is C23H30F6N6O4S. The van der Waals surface area contributed by atoms with Crippen LogP contribution in [0.5, 0.6) is 0 Å². The summed E-state index contributed by atoms with van der Waals surface area (Å²) < 4.78 is 97.4. The first kappa shape index (κ1) is 30.5. The zero-order valence-corrected chi connectivity index (χ0v) is 22.3. The maximum atomic E-state index is 13.3. The minimum Gasteiger partial charge on any atom is -0.379 e. The summed E-state index contributed by atoms with van der Waals surface area (Å²) in [5, 5.41) is 2.76. The van der Waals surface area contributed by atoms with Crippen LogP contribution in [0, 0.1) is 5.92 Å². The zero-order valence-electron chi connectivity index (χ0n) is 21.5. The number of piperazine rings is 1. The van der Waals surface area contributed by atoms with E-state index in [-0.39, 0.29) is 67.7 Å². The van der Waals surface area contributed by atoms with Crippen molar-refractivity contribution in [2.24, 2.45) is 5.92 Å². The van der Waals surface area contributed by atoms with Crippen molar-refractivity contribution in [3.63, 3.8) is 0 Å². The zero-order chi connectivity index (χ0) is 29.2. The molecule has 2 unspecified atom stereocenters. The third kappa shape index (κ3) is 7.03. The summed E-state index contributed by atoms with van der Waals surface area (Å²) in [5.74, 6) is -3.20. The fourth-order valence-electron chi connectivity index (χ4n) is 5.09. The van der Waals surface area contributed by atoms with Gasteiger partial charge in [-0.25, -0.2) is 10.4 Å². The number of fused-ring (bicyclic) bond motifs is 3. The highest BCUT2D eigenvalue weighted by Gasteiger charge is 2.51. The van der Waals surface area contributed by atoms with E-state index in [0.717, 1.165) is 12.3 Å². The van der Waals surface area contributed by atoms with Gasteiger partial charge in [-0.2, -0.15) is 26.3 Å². The minimum absolute atomic E-state index is 0.0144. The molecule has 0 aromatic carbocycles. The molecule has 3 aliphatic rings. The lowest BCUT2D eigenvalue weighted by Crippen LogP contribution is -2.64. The summed E-state index contributed by atoms with van der Waals surface area (Å²) in [4.78, 5) is 31.9. The molecule has 2 fully saturated rings. The molecule has 4 rings (SSSR count). The minimum atomic E-state index is -4.71. The predicted octanol–water partition coefficient (Wildman–Crippen LogP) is 1.20. The molecule has 2 amide bonds. The molecule has 0 radical (unpaired) electrons. The van der Waals surface area contributed by atoms with Crippen LogP contribution in [-0.4, -0.2) is 95.4 Å². The molecule has 0 saturated carbocycles. The van der Waals surface area contributed by atoms with Gasteiger partial charge in [0.1, 0.15) is 5.82 Å². The number of rotatable bonds is 7. The van der Waals surface area contributed by atoms with Crippen LogP contribution in [-0.2, 0) is 31.3 Å². The van der Waals surface area contributed by atoms with E-state index in [1.165, 1.54) is 0 Å². The molecule has 4 heterocycles. The number of hydrazine groups is 1. The molecular weight excluding hydrogens is 570 g/mol. The van der Waals surface area contributed by atoms with Crippen molar-refractivity contribution in [2.75, 3.05) is 50.0 Å². The number of ether oxygens (including phenoxy) is 1. The molecule has 3 N–H and O–H groups in total. The summed E-state index contributed by atoms with van der Waals surface area (Å²) in [7, 11) is -1.66. The fourth-order valence-corrected chi connectivity index (χ4v) is 6.42. The number of hydrogen-bond donors (Lipinski definition) is 3. The maximum Gasteiger partial charge on any atom is 0.417 e. The van der Waals surface area contributed by atoms with Crippen LogP contribution in [0.15, 0.2) is 17.2 Å². The Labute approximate surface area is 228 Å². The van der Waals surface area contributed by atoms with E-state index in [2.05, 4.69) is 15.7 Å². The molecule has 5 atom stereocenters. The van der Waals surface area contributed by atoms with Crippen LogP contribution in [0.4, 0.5) is 32.2 Å². The molecule has 0 spiro atoms. The van der Waals surface area contributed by atoms with Crippen molar-refractivity contribution in [1.82, 2.24) is 26.1 Å². The second-order valence-electron chi connectivity index (χ2n) is 9.96. The Hall–Kier alpha value is -2.50. The van der Waals surface area contributed by atoms with E-state index >= 15 is 0 Å². The Balaban J connectivity index is 1.26. The summed E-state index contributed by atoms with van der Waals surface area (Å²) in [6, 6.07) is -1.09. The number of alkyl halides is 6. The van der Waals surface area contributed by atoms with Gasteiger partial charge in [0, 0.05) is 56.3 Å². The number of amides is 2. The van der Waals surface area contributed by atoms with Gasteiger partial charge in [-0.05, 0) is 19.4 Å². The van der Waals surface area contributed by atoms with Gasteiger partial charge in [0.05, 0.1) is 40.9 Å². The molecule has 224 valence electrons. The van der Waals surface area contributed by atoms with Gasteiger partial charge in [0.15, 0.2) is 5.92 Å². The highest BCUT2D eigenvalue weighted by Crippen LogP contribution is 2.36. The number of carbonyl (C=O) groups is 2. The number of halogens is 6. The molecule has 3 aliphatic heterocycles. The number of anilines is 1. The van der Waals surface area contributed by atoms with E-state index in [0.29, 0.717) is 13.0 Å². The Bertz CT molecular complexity index is 1120. The van der Waals surface area contributed by atoms with Crippen molar-refractivity contribution in [1.29, 1.82) is 0 Å². The average Bonchev–Trinajstić information content (AvgIpc) is 3.01. The fraction of sp³-hybridized carbons (Fsp3) is 0.696. The van der Waals surface area contributed by atoms with Crippen LogP contribution in [0.3, 0.4) is 0 Å². The average molecular weight is 601 g/mol. The second-order valence-corrected chi connectivity index (χ2v) is 11.5. The lowest BCUT2D eigenvalue weighted by molar-refractivity contribution is -0.193. The first-order valence-electron chi connectivity index (χ1n) is 12.7. The van der Waals surface area contributed by atoms with Crippen molar-refractivity contribution in [2.45, 2.75) is 55.1 Å². The lowest BCUT2D eigenvalue weighted by Gasteiger charge is -2.41. The van der Waals surface area contributed by atoms with Crippen LogP contribution in [0.2, 0.25) is 0 Å². The molecule has 1 aromatic rings. The third-order valence-electron chi connectivity index (χ3n) is 7.05. The van der Waals surface area contributed by atoms with Gasteiger partial charge in [0.2, 0.25) is 11.8 Å². The van der Waals surface area contributed by atoms with Gasteiger partial charge in [-0.15, -0.1) is 0 Å². The molecule has 1 aromatic heterocycles. The van der Waals surface area contributed by atoms with E-state index in [9.17, 15) is 40.1 Å². The van der Waals surface area contributed by atoms with Gasteiger partial charge >= 0.3 is 12.4 Å². The summed E-state index contributed by atoms with van der Waals surface area (Å²) in [6.45, 7) is 2.41. The lowest BCUT2D eigenvalue weighted by atomic mass is 9.96. The number of nitrogens with one attached hydrogen (secondary N) is 3. The van der Waals surface area contributed by atoms with Crippen molar-refractivity contribution in [3.05, 3.63) is 17.8 Å². The smallest absolute Gasteiger partial charge is 0.379 e. The van der Waals surface area contributed by atoms with Gasteiger partial charge < -0.3 is 19.9 Å². The molecule has 40 heavy (non-hydrogen) atoms. The number of pyridine rings is 1. The standard InChI is InChI=1S/C23H30F6N6O4S/c1-13(32-16-10-31-33-21(37)19(16)23(27,28)29)12-39-6-2-18(36)34-4-5-35-15(11-34)3-7-40(38)17-8-14(22(24,25)26)9-30-20(17)35/h8-9,13,15-16,19,31-32H,2-7,10-12H2,1H3,(H,33,37)/t13-,15+,16?,19?,40-/m0/s1. The number of aromatic nitrogens is 1. The summed E-state index contributed by atoms with van der Waals surface area (Å²) in [6.07, 6.45) is -8.16. The quantitative estimate of drug-likeness (QED) is 0.316. The van der Waals surface area contributed by atoms with E-state index in [4.69, 9.17) is 4.74 Å². The van der Waals surface area contributed by atoms with E-state index in [1.807, 2.05) is 10.3 Å². The Morgan fingerprint density at radius 1 is 1.27 bits per heavy atom. The highest BCUT2D eigenvalue weighted by molar-refractivity contribution is 7.85. The molecule has 2 saturated heterocycles. The number of carbonyl (C=O) groups excluding carboxylic acids is 2. The first-order valence-corrected chi connectivity index (χ1v) is 14.0. The van der Waals surface area contributed by atoms with Crippen molar-refractivity contribution in [3.8, 4) is 0 Å². The summed E-state index contributed by atoms with van der Waals surface area (Å²) >= 11 is 0. The number of nitrogens with zero attached hydrogens (tertiary/aromatic N) is 3. The van der Waals surface area contributed by atoms with E-state index < -0.39 is 52.6 Å². The van der Waals surface area contributed by atoms with E-state index in [1.54, 1.807) is 11.8 Å². The van der Waals surface area contributed by atoms with Crippen molar-refractivity contribution >= 4 is 28.4 Å². The Morgan fingerprint density at radius 3 is 2.73 bits per heavy atom. The number of hydrogen-bond acceptors (Lipinski definition) is 8. The maximum absolute atomic E-state index is 13.3. The van der Waals surface area contributed by atoms with Gasteiger partial charge in [-0.3, -0.25) is 19.2 Å². The van der Waals surface area contributed by atoms with Gasteiger partial charge in [-0.1, -0.05) is 0 Å². The monoisotopic (exact) mass is 600 g/mol. The van der Waals surface area contributed by atoms with Crippen LogP contribution >= 0.6 is 0 Å². The normalized spacial score (nSPS) is 26.4. The topological polar surface area (TPSA) is 116 Å². The Kier molecular flexibility index (Phi) is 9.26. The molecule has 10 nitrogen and oxygen atoms in total. The SMILES string of the molecule is C[C@@H](COCCC(=O)N1CCN2c3ncc(C(F)(F)F)cc3[S@@](=O)CC[C@@H]2C1)NC1CNNC(=O)C1C(F)(F)F. The largest absolute Gasteiger partial charge is 0.417 e. The van der Waals surface area contributed by atoms with Crippen LogP contribution in [0.25, 0.3) is 0 Å². The third-order valence-corrected chi connectivity index (χ3v) is 8.44. The Morgan fingerprint density at radius 2 is 2.02 bits per heavy atom. The van der Waals surface area contributed by atoms with Crippen LogP contribution < -0.4 is 21.1 Å². The molecule has 0 bridgehead atoms. The predicted molar refractivity (Wildman–Crippen MR) is 130 cm³/mol. The molecule has 0 aliphatic carbocycles. The highest BCUT2D eigenvalue weighted by atomic mass is 32.2. The summed E-state index contributed by atoms with van der Waals surface area (Å²) in [5.41, 5.74) is 3.46. The van der Waals surface area contributed by atoms with Crippen molar-refractivity contribution < 1.29 is 44.9 Å².